The second-order valence-electron chi connectivity index (χ2n) is 7.45. The van der Waals surface area contributed by atoms with Crippen LogP contribution in [0.5, 0.6) is 0 Å². The molecule has 0 bridgehead atoms. The van der Waals surface area contributed by atoms with Gasteiger partial charge in [-0.3, -0.25) is 9.69 Å². The zero-order valence-electron chi connectivity index (χ0n) is 16.0. The molecule has 0 aromatic heterocycles. The molecule has 0 atom stereocenters. The average Bonchev–Trinajstić information content (AvgIpc) is 2.73. The minimum absolute atomic E-state index is 0.0345. The number of likely N-dealkylation sites (tertiary alicyclic amines) is 1. The summed E-state index contributed by atoms with van der Waals surface area (Å²) in [5.74, 6) is 0.0860. The van der Waals surface area contributed by atoms with Gasteiger partial charge in [-0.2, -0.15) is 0 Å². The van der Waals surface area contributed by atoms with Crippen molar-refractivity contribution in [3.63, 3.8) is 0 Å². The lowest BCUT2D eigenvalue weighted by Gasteiger charge is -2.49. The first kappa shape index (κ1) is 18.6. The molecule has 3 aromatic rings. The number of hydrogen-bond acceptors (Lipinski definition) is 2. The van der Waals surface area contributed by atoms with E-state index in [1.807, 2.05) is 43.3 Å². The predicted octanol–water partition coefficient (Wildman–Crippen LogP) is 5.55. The fourth-order valence-corrected chi connectivity index (χ4v) is 4.01. The average molecular weight is 373 g/mol. The number of halogens is 1. The second kappa shape index (κ2) is 7.69. The zero-order valence-corrected chi connectivity index (χ0v) is 16.0. The van der Waals surface area contributed by atoms with Crippen molar-refractivity contribution < 1.29 is 9.18 Å². The van der Waals surface area contributed by atoms with E-state index in [1.165, 1.54) is 11.1 Å². The molecule has 4 rings (SSSR count). The lowest BCUT2D eigenvalue weighted by atomic mass is 9.83. The van der Waals surface area contributed by atoms with Crippen LogP contribution in [0.15, 0.2) is 84.9 Å². The molecule has 28 heavy (non-hydrogen) atoms. The van der Waals surface area contributed by atoms with Crippen LogP contribution in [0.3, 0.4) is 0 Å². The van der Waals surface area contributed by atoms with Gasteiger partial charge in [0.05, 0.1) is 6.04 Å². The van der Waals surface area contributed by atoms with Crippen LogP contribution in [0.1, 0.15) is 46.4 Å². The van der Waals surface area contributed by atoms with E-state index >= 15 is 4.39 Å². The number of carbonyl (C=O) groups is 1. The molecular weight excluding hydrogens is 349 g/mol. The minimum Gasteiger partial charge on any atom is -0.294 e. The van der Waals surface area contributed by atoms with Gasteiger partial charge in [0.2, 0.25) is 0 Å². The maximum absolute atomic E-state index is 15.6. The summed E-state index contributed by atoms with van der Waals surface area (Å²) < 4.78 is 15.6. The molecule has 2 nitrogen and oxygen atoms in total. The number of rotatable bonds is 6. The molecular formula is C25H24FNO. The van der Waals surface area contributed by atoms with Gasteiger partial charge in [0.25, 0.3) is 0 Å². The van der Waals surface area contributed by atoms with E-state index in [4.69, 9.17) is 0 Å². The molecule has 1 saturated heterocycles. The topological polar surface area (TPSA) is 20.3 Å². The van der Waals surface area contributed by atoms with Gasteiger partial charge in [-0.25, -0.2) is 4.39 Å². The lowest BCUT2D eigenvalue weighted by molar-refractivity contribution is -0.0542. The smallest absolute Gasteiger partial charge is 0.162 e. The van der Waals surface area contributed by atoms with Crippen molar-refractivity contribution in [3.05, 3.63) is 107 Å². The first-order chi connectivity index (χ1) is 13.6. The number of ketones is 1. The second-order valence-corrected chi connectivity index (χ2v) is 7.45. The summed E-state index contributed by atoms with van der Waals surface area (Å²) in [5, 5.41) is 0. The van der Waals surface area contributed by atoms with Crippen molar-refractivity contribution in [2.75, 3.05) is 13.1 Å². The van der Waals surface area contributed by atoms with Crippen LogP contribution in [0.2, 0.25) is 0 Å². The highest BCUT2D eigenvalue weighted by Gasteiger charge is 2.48. The summed E-state index contributed by atoms with van der Waals surface area (Å²) in [6.45, 7) is 2.51. The fraction of sp³-hybridized carbons (Fsp3) is 0.240. The van der Waals surface area contributed by atoms with Gasteiger partial charge >= 0.3 is 0 Å². The van der Waals surface area contributed by atoms with E-state index in [1.54, 1.807) is 24.3 Å². The highest BCUT2D eigenvalue weighted by Crippen LogP contribution is 2.43. The monoisotopic (exact) mass is 373 g/mol. The zero-order chi connectivity index (χ0) is 19.6. The van der Waals surface area contributed by atoms with Gasteiger partial charge in [-0.1, -0.05) is 91.9 Å². The molecule has 1 heterocycles. The molecule has 3 heteroatoms. The largest absolute Gasteiger partial charge is 0.294 e. The first-order valence-electron chi connectivity index (χ1n) is 9.77. The summed E-state index contributed by atoms with van der Waals surface area (Å²) in [6, 6.07) is 27.6. The molecule has 142 valence electrons. The van der Waals surface area contributed by atoms with E-state index in [9.17, 15) is 4.79 Å². The lowest BCUT2D eigenvalue weighted by Crippen LogP contribution is -2.57. The highest BCUT2D eigenvalue weighted by molar-refractivity contribution is 5.95. The number of carbonyl (C=O) groups excluding carboxylic acids is 1. The van der Waals surface area contributed by atoms with Crippen LogP contribution in [0.4, 0.5) is 4.39 Å². The summed E-state index contributed by atoms with van der Waals surface area (Å²) >= 11 is 0. The van der Waals surface area contributed by atoms with Gasteiger partial charge in [0.1, 0.15) is 0 Å². The Morgan fingerprint density at radius 3 is 1.86 bits per heavy atom. The number of benzene rings is 3. The number of Topliss-reactive ketones (excluding diaryl/α,β-unsaturated/α-hetero) is 1. The first-order valence-corrected chi connectivity index (χ1v) is 9.77. The summed E-state index contributed by atoms with van der Waals surface area (Å²) in [7, 11) is 0. The Morgan fingerprint density at radius 2 is 1.39 bits per heavy atom. The Bertz CT molecular complexity index is 892. The number of alkyl halides is 1. The molecule has 1 aliphatic heterocycles. The van der Waals surface area contributed by atoms with Crippen LogP contribution in [-0.2, 0) is 5.67 Å². The van der Waals surface area contributed by atoms with Gasteiger partial charge in [0, 0.05) is 25.1 Å². The van der Waals surface area contributed by atoms with Crippen molar-refractivity contribution in [2.24, 2.45) is 0 Å². The van der Waals surface area contributed by atoms with E-state index in [2.05, 4.69) is 29.2 Å². The third kappa shape index (κ3) is 3.50. The van der Waals surface area contributed by atoms with Crippen LogP contribution in [-0.4, -0.2) is 23.8 Å². The summed E-state index contributed by atoms with van der Waals surface area (Å²) in [5.41, 5.74) is 2.25. The Balaban J connectivity index is 1.56. The van der Waals surface area contributed by atoms with E-state index in [-0.39, 0.29) is 11.8 Å². The fourth-order valence-electron chi connectivity index (χ4n) is 4.01. The van der Waals surface area contributed by atoms with Crippen molar-refractivity contribution in [1.82, 2.24) is 4.90 Å². The van der Waals surface area contributed by atoms with Gasteiger partial charge < -0.3 is 0 Å². The Labute approximate surface area is 165 Å². The van der Waals surface area contributed by atoms with Crippen LogP contribution >= 0.6 is 0 Å². The minimum atomic E-state index is -1.38. The Morgan fingerprint density at radius 1 is 0.893 bits per heavy atom. The van der Waals surface area contributed by atoms with Gasteiger partial charge in [-0.15, -0.1) is 0 Å². The molecule has 0 aliphatic carbocycles. The molecule has 0 spiro atoms. The predicted molar refractivity (Wildman–Crippen MR) is 110 cm³/mol. The van der Waals surface area contributed by atoms with Gasteiger partial charge in [0.15, 0.2) is 11.5 Å². The molecule has 0 unspecified atom stereocenters. The van der Waals surface area contributed by atoms with Crippen LogP contribution < -0.4 is 0 Å². The maximum Gasteiger partial charge on any atom is 0.162 e. The number of hydrogen-bond donors (Lipinski definition) is 0. The normalized spacial score (nSPS) is 16.0. The summed E-state index contributed by atoms with van der Waals surface area (Å²) in [4.78, 5) is 14.0. The summed E-state index contributed by atoms with van der Waals surface area (Å²) in [6.07, 6.45) is 0.462. The third-order valence-electron chi connectivity index (χ3n) is 5.55. The highest BCUT2D eigenvalue weighted by atomic mass is 19.1. The quantitative estimate of drug-likeness (QED) is 0.528. The standard InChI is InChI=1S/C25H24FNO/c1-2-23(28)19-13-15-22(16-14-19)25(26)17-27(18-25)24(20-9-5-3-6-10-20)21-11-7-4-8-12-21/h3-16,24H,2,17-18H2,1H3. The van der Waals surface area contributed by atoms with Crippen LogP contribution in [0.25, 0.3) is 0 Å². The van der Waals surface area contributed by atoms with Gasteiger partial charge in [-0.05, 0) is 16.7 Å². The molecule has 1 fully saturated rings. The number of nitrogens with zero attached hydrogens (tertiary/aromatic N) is 1. The molecule has 1 aliphatic rings. The SMILES string of the molecule is CCC(=O)c1ccc(C2(F)CN(C(c3ccccc3)c3ccccc3)C2)cc1. The van der Waals surface area contributed by atoms with E-state index in [0.29, 0.717) is 30.6 Å². The molecule has 0 radical (unpaired) electrons. The van der Waals surface area contributed by atoms with Crippen molar-refractivity contribution in [2.45, 2.75) is 25.1 Å². The maximum atomic E-state index is 15.6. The molecule has 0 N–H and O–H groups in total. The van der Waals surface area contributed by atoms with Crippen molar-refractivity contribution >= 4 is 5.78 Å². The molecule has 0 amide bonds. The van der Waals surface area contributed by atoms with E-state index in [0.717, 1.165) is 0 Å². The third-order valence-corrected chi connectivity index (χ3v) is 5.55. The van der Waals surface area contributed by atoms with Crippen molar-refractivity contribution in [3.8, 4) is 0 Å². The Hall–Kier alpha value is -2.78. The van der Waals surface area contributed by atoms with Crippen LogP contribution in [0, 0.1) is 0 Å². The van der Waals surface area contributed by atoms with Crippen molar-refractivity contribution in [1.29, 1.82) is 0 Å². The Kier molecular flexibility index (Phi) is 5.10. The van der Waals surface area contributed by atoms with E-state index < -0.39 is 5.67 Å². The molecule has 0 saturated carbocycles. The molecule has 3 aromatic carbocycles.